The van der Waals surface area contributed by atoms with Crippen LogP contribution in [0.5, 0.6) is 0 Å². The number of nitrogens with zero attached hydrogens (tertiary/aromatic N) is 3. The highest BCUT2D eigenvalue weighted by Gasteiger charge is 2.47. The molecular formula is C14H21N3O8. The second kappa shape index (κ2) is 10.5. The van der Waals surface area contributed by atoms with Crippen molar-refractivity contribution in [2.24, 2.45) is 5.11 Å². The monoisotopic (exact) mass is 359 g/mol. The molecule has 0 aromatic rings. The van der Waals surface area contributed by atoms with Gasteiger partial charge in [0.2, 0.25) is 0 Å². The minimum atomic E-state index is -1.11. The number of azide groups is 1. The van der Waals surface area contributed by atoms with Crippen LogP contribution in [0, 0.1) is 0 Å². The molecule has 1 rings (SSSR count). The van der Waals surface area contributed by atoms with Crippen LogP contribution in [0.2, 0.25) is 0 Å². The SMILES string of the molecule is CC(=O)O[C@@H]1[C@@H](OC(C)=O)[C@H](OCCCN=[N+]=[N-])OC[C@H]1OC(C)=O. The van der Waals surface area contributed by atoms with E-state index < -0.39 is 42.5 Å². The van der Waals surface area contributed by atoms with E-state index in [1.807, 2.05) is 0 Å². The molecule has 0 amide bonds. The van der Waals surface area contributed by atoms with Gasteiger partial charge in [-0.05, 0) is 12.0 Å². The van der Waals surface area contributed by atoms with Crippen LogP contribution < -0.4 is 0 Å². The van der Waals surface area contributed by atoms with Gasteiger partial charge in [0.15, 0.2) is 24.6 Å². The average Bonchev–Trinajstić information content (AvgIpc) is 2.50. The van der Waals surface area contributed by atoms with Crippen molar-refractivity contribution < 1.29 is 38.1 Å². The summed E-state index contributed by atoms with van der Waals surface area (Å²) < 4.78 is 26.4. The van der Waals surface area contributed by atoms with Crippen LogP contribution in [0.25, 0.3) is 10.4 Å². The first-order valence-electron chi connectivity index (χ1n) is 7.61. The lowest BCUT2D eigenvalue weighted by atomic mass is 10.0. The van der Waals surface area contributed by atoms with E-state index in [0.29, 0.717) is 6.42 Å². The van der Waals surface area contributed by atoms with Gasteiger partial charge in [0.25, 0.3) is 0 Å². The summed E-state index contributed by atoms with van der Waals surface area (Å²) in [5.74, 6) is -1.87. The smallest absolute Gasteiger partial charge is 0.303 e. The van der Waals surface area contributed by atoms with Gasteiger partial charge in [0, 0.05) is 32.2 Å². The molecule has 1 saturated heterocycles. The second-order valence-corrected chi connectivity index (χ2v) is 5.18. The lowest BCUT2D eigenvalue weighted by Crippen LogP contribution is -2.58. The van der Waals surface area contributed by atoms with Gasteiger partial charge < -0.3 is 23.7 Å². The molecule has 0 aliphatic carbocycles. The standard InChI is InChI=1S/C14H21N3O8/c1-8(18)23-11-7-22-14(21-6-4-5-16-17-15)13(25-10(3)20)12(11)24-9(2)19/h11-14H,4-7H2,1-3H3/t11-,12+,13-,14-/m1/s1. The third-order valence-electron chi connectivity index (χ3n) is 3.05. The van der Waals surface area contributed by atoms with Crippen LogP contribution >= 0.6 is 0 Å². The lowest BCUT2D eigenvalue weighted by Gasteiger charge is -2.40. The molecule has 1 aliphatic heterocycles. The topological polar surface area (TPSA) is 146 Å². The summed E-state index contributed by atoms with van der Waals surface area (Å²) in [6, 6.07) is 0. The zero-order valence-electron chi connectivity index (χ0n) is 14.2. The van der Waals surface area contributed by atoms with E-state index in [1.54, 1.807) is 0 Å². The second-order valence-electron chi connectivity index (χ2n) is 5.18. The Morgan fingerprint density at radius 3 is 2.24 bits per heavy atom. The average molecular weight is 359 g/mol. The third kappa shape index (κ3) is 7.38. The molecule has 140 valence electrons. The number of carbonyl (C=O) groups excluding carboxylic acids is 3. The van der Waals surface area contributed by atoms with Crippen LogP contribution in [0.3, 0.4) is 0 Å². The molecular weight excluding hydrogens is 338 g/mol. The maximum atomic E-state index is 11.4. The molecule has 0 saturated carbocycles. The molecule has 11 nitrogen and oxygen atoms in total. The Bertz CT molecular complexity index is 532. The van der Waals surface area contributed by atoms with Gasteiger partial charge >= 0.3 is 17.9 Å². The maximum absolute atomic E-state index is 11.4. The van der Waals surface area contributed by atoms with Gasteiger partial charge in [-0.2, -0.15) is 0 Å². The van der Waals surface area contributed by atoms with Crippen molar-refractivity contribution >= 4 is 17.9 Å². The summed E-state index contributed by atoms with van der Waals surface area (Å²) in [6.07, 6.45) is -3.72. The summed E-state index contributed by atoms with van der Waals surface area (Å²) in [7, 11) is 0. The number of carbonyl (C=O) groups is 3. The van der Waals surface area contributed by atoms with Gasteiger partial charge in [-0.1, -0.05) is 5.11 Å². The van der Waals surface area contributed by atoms with E-state index >= 15 is 0 Å². The van der Waals surface area contributed by atoms with E-state index in [1.165, 1.54) is 20.8 Å². The van der Waals surface area contributed by atoms with Gasteiger partial charge in [-0.15, -0.1) is 0 Å². The van der Waals surface area contributed by atoms with Gasteiger partial charge in [0.1, 0.15) is 0 Å². The minimum absolute atomic E-state index is 0.101. The molecule has 0 aromatic heterocycles. The first-order valence-corrected chi connectivity index (χ1v) is 7.61. The van der Waals surface area contributed by atoms with E-state index in [4.69, 9.17) is 29.2 Å². The van der Waals surface area contributed by atoms with E-state index in [0.717, 1.165) is 0 Å². The van der Waals surface area contributed by atoms with Gasteiger partial charge in [-0.3, -0.25) is 14.4 Å². The highest BCUT2D eigenvalue weighted by molar-refractivity contribution is 5.68. The predicted molar refractivity (Wildman–Crippen MR) is 81.0 cm³/mol. The van der Waals surface area contributed by atoms with Crippen molar-refractivity contribution in [2.45, 2.75) is 51.8 Å². The predicted octanol–water partition coefficient (Wildman–Crippen LogP) is 0.855. The molecule has 1 aliphatic rings. The minimum Gasteiger partial charge on any atom is -0.456 e. The molecule has 4 atom stereocenters. The Labute approximate surface area is 144 Å². The molecule has 0 radical (unpaired) electrons. The third-order valence-corrected chi connectivity index (χ3v) is 3.05. The quantitative estimate of drug-likeness (QED) is 0.155. The van der Waals surface area contributed by atoms with E-state index in [-0.39, 0.29) is 19.8 Å². The molecule has 25 heavy (non-hydrogen) atoms. The normalized spacial score (nSPS) is 25.4. The molecule has 1 fully saturated rings. The van der Waals surface area contributed by atoms with E-state index in [2.05, 4.69) is 10.0 Å². The van der Waals surface area contributed by atoms with E-state index in [9.17, 15) is 14.4 Å². The maximum Gasteiger partial charge on any atom is 0.303 e. The van der Waals surface area contributed by atoms with Crippen molar-refractivity contribution in [3.05, 3.63) is 10.4 Å². The fraction of sp³-hybridized carbons (Fsp3) is 0.786. The van der Waals surface area contributed by atoms with Crippen molar-refractivity contribution in [3.63, 3.8) is 0 Å². The van der Waals surface area contributed by atoms with Crippen LogP contribution in [0.1, 0.15) is 27.2 Å². The molecule has 0 N–H and O–H groups in total. The van der Waals surface area contributed by atoms with Gasteiger partial charge in [-0.25, -0.2) is 0 Å². The first kappa shape index (κ1) is 20.7. The Balaban J connectivity index is 2.85. The van der Waals surface area contributed by atoms with Crippen LogP contribution in [0.15, 0.2) is 5.11 Å². The number of esters is 3. The van der Waals surface area contributed by atoms with Crippen LogP contribution in [0.4, 0.5) is 0 Å². The number of rotatable bonds is 8. The first-order chi connectivity index (χ1) is 11.8. The van der Waals surface area contributed by atoms with Crippen molar-refractivity contribution in [1.29, 1.82) is 0 Å². The summed E-state index contributed by atoms with van der Waals surface area (Å²) in [6.45, 7) is 3.84. The summed E-state index contributed by atoms with van der Waals surface area (Å²) in [5.41, 5.74) is 8.22. The lowest BCUT2D eigenvalue weighted by molar-refractivity contribution is -0.280. The largest absolute Gasteiger partial charge is 0.456 e. The Hall–Kier alpha value is -2.36. The fourth-order valence-corrected chi connectivity index (χ4v) is 2.23. The molecule has 0 spiro atoms. The summed E-state index contributed by atoms with van der Waals surface area (Å²) in [4.78, 5) is 36.6. The number of hydrogen-bond donors (Lipinski definition) is 0. The highest BCUT2D eigenvalue weighted by Crippen LogP contribution is 2.25. The summed E-state index contributed by atoms with van der Waals surface area (Å²) >= 11 is 0. The van der Waals surface area contributed by atoms with Gasteiger partial charge in [0.05, 0.1) is 13.2 Å². The molecule has 1 heterocycles. The number of hydrogen-bond acceptors (Lipinski definition) is 9. The van der Waals surface area contributed by atoms with Crippen molar-refractivity contribution in [2.75, 3.05) is 19.8 Å². The fourth-order valence-electron chi connectivity index (χ4n) is 2.23. The van der Waals surface area contributed by atoms with Crippen LogP contribution in [-0.4, -0.2) is 62.3 Å². The Morgan fingerprint density at radius 1 is 1.08 bits per heavy atom. The molecule has 0 unspecified atom stereocenters. The Morgan fingerprint density at radius 2 is 1.68 bits per heavy atom. The van der Waals surface area contributed by atoms with Crippen LogP contribution in [-0.2, 0) is 38.1 Å². The zero-order valence-corrected chi connectivity index (χ0v) is 14.2. The van der Waals surface area contributed by atoms with Crippen molar-refractivity contribution in [1.82, 2.24) is 0 Å². The summed E-state index contributed by atoms with van der Waals surface area (Å²) in [5, 5.41) is 3.37. The highest BCUT2D eigenvalue weighted by atomic mass is 16.7. The molecule has 0 aromatic carbocycles. The number of ether oxygens (including phenoxy) is 5. The van der Waals surface area contributed by atoms with Crippen molar-refractivity contribution in [3.8, 4) is 0 Å². The molecule has 0 bridgehead atoms. The Kier molecular flexibility index (Phi) is 8.68. The zero-order chi connectivity index (χ0) is 18.8. The molecule has 11 heteroatoms.